The fourth-order valence-corrected chi connectivity index (χ4v) is 4.42. The van der Waals surface area contributed by atoms with Crippen LogP contribution in [0.5, 0.6) is 17.2 Å². The number of ether oxygens (including phenoxy) is 4. The number of hydrogen-bond acceptors (Lipinski definition) is 8. The first-order valence-electron chi connectivity index (χ1n) is 10.3. The molecule has 3 aromatic rings. The van der Waals surface area contributed by atoms with Crippen LogP contribution < -0.4 is 14.2 Å². The monoisotopic (exact) mass is 545 g/mol. The molecular weight excluding hydrogens is 530 g/mol. The van der Waals surface area contributed by atoms with E-state index in [1.807, 2.05) is 12.1 Å². The van der Waals surface area contributed by atoms with Gasteiger partial charge < -0.3 is 23.5 Å². The maximum absolute atomic E-state index is 13.0. The fraction of sp³-hybridized carbons (Fsp3) is 0.208. The lowest BCUT2D eigenvalue weighted by molar-refractivity contribution is -0.134. The number of ketones is 1. The Morgan fingerprint density at radius 2 is 2.12 bits per heavy atom. The van der Waals surface area contributed by atoms with E-state index < -0.39 is 5.97 Å². The number of aromatic nitrogens is 1. The number of fused-ring (bicyclic) bond motifs is 2. The van der Waals surface area contributed by atoms with Gasteiger partial charge in [-0.05, 0) is 37.3 Å². The number of benzene rings is 2. The van der Waals surface area contributed by atoms with Crippen molar-refractivity contribution in [3.05, 3.63) is 73.7 Å². The standard InChI is InChI=1S/C24H17BrClNO7/c1-12-18(32-21(28)5-2-16-9-20(26)27-34-16)4-3-17-22(29)19(33-23(12)17)8-13-6-15(25)7-14-10-30-11-31-24(13)14/h3-4,6-9H,2,5,10-11H2,1H3/b19-8-. The molecule has 0 saturated carbocycles. The van der Waals surface area contributed by atoms with Crippen LogP contribution in [-0.2, 0) is 22.6 Å². The van der Waals surface area contributed by atoms with Crippen LogP contribution >= 0.6 is 27.5 Å². The van der Waals surface area contributed by atoms with Gasteiger partial charge in [0.15, 0.2) is 17.7 Å². The summed E-state index contributed by atoms with van der Waals surface area (Å²) in [5, 5.41) is 3.80. The van der Waals surface area contributed by atoms with Crippen molar-refractivity contribution in [2.75, 3.05) is 6.79 Å². The Hall–Kier alpha value is -3.14. The van der Waals surface area contributed by atoms with Crippen molar-refractivity contribution in [2.45, 2.75) is 26.4 Å². The first-order valence-corrected chi connectivity index (χ1v) is 11.5. The van der Waals surface area contributed by atoms with E-state index in [9.17, 15) is 9.59 Å². The van der Waals surface area contributed by atoms with E-state index >= 15 is 0 Å². The Kier molecular flexibility index (Phi) is 6.16. The number of rotatable bonds is 5. The number of nitrogens with zero attached hydrogens (tertiary/aromatic N) is 1. The predicted molar refractivity (Wildman–Crippen MR) is 124 cm³/mol. The molecule has 0 fully saturated rings. The molecular formula is C24H17BrClNO7. The van der Waals surface area contributed by atoms with Crippen molar-refractivity contribution in [1.82, 2.24) is 5.16 Å². The number of carbonyl (C=O) groups is 2. The third kappa shape index (κ3) is 4.46. The van der Waals surface area contributed by atoms with Gasteiger partial charge in [-0.15, -0.1) is 0 Å². The summed E-state index contributed by atoms with van der Waals surface area (Å²) in [7, 11) is 0. The van der Waals surface area contributed by atoms with Gasteiger partial charge >= 0.3 is 5.97 Å². The number of carbonyl (C=O) groups excluding carboxylic acids is 2. The summed E-state index contributed by atoms with van der Waals surface area (Å²) in [5.74, 6) is 1.23. The predicted octanol–water partition coefficient (Wildman–Crippen LogP) is 5.42. The molecule has 174 valence electrons. The Morgan fingerprint density at radius 1 is 1.26 bits per heavy atom. The molecule has 0 unspecified atom stereocenters. The molecule has 1 aromatic heterocycles. The highest BCUT2D eigenvalue weighted by atomic mass is 79.9. The summed E-state index contributed by atoms with van der Waals surface area (Å²) in [6.45, 7) is 2.28. The lowest BCUT2D eigenvalue weighted by atomic mass is 10.0. The van der Waals surface area contributed by atoms with Crippen LogP contribution in [0.25, 0.3) is 6.08 Å². The average Bonchev–Trinajstić information content (AvgIpc) is 3.37. The molecule has 0 aliphatic carbocycles. The number of Topliss-reactive ketones (excluding diaryl/α,β-unsaturated/α-hetero) is 1. The number of allylic oxidation sites excluding steroid dienone is 1. The van der Waals surface area contributed by atoms with Crippen LogP contribution in [0.1, 0.15) is 39.2 Å². The molecule has 0 N–H and O–H groups in total. The van der Waals surface area contributed by atoms with E-state index in [1.165, 1.54) is 0 Å². The summed E-state index contributed by atoms with van der Waals surface area (Å²) in [5.41, 5.74) is 2.51. The molecule has 3 heterocycles. The van der Waals surface area contributed by atoms with Gasteiger partial charge in [-0.2, -0.15) is 0 Å². The highest BCUT2D eigenvalue weighted by molar-refractivity contribution is 9.10. The number of halogens is 2. The molecule has 2 aliphatic rings. The van der Waals surface area contributed by atoms with Crippen LogP contribution in [0.15, 0.2) is 45.1 Å². The van der Waals surface area contributed by atoms with E-state index in [0.29, 0.717) is 52.7 Å². The maximum Gasteiger partial charge on any atom is 0.311 e. The number of esters is 1. The van der Waals surface area contributed by atoms with Gasteiger partial charge in [0.05, 0.1) is 18.6 Å². The average molecular weight is 547 g/mol. The van der Waals surface area contributed by atoms with E-state index in [-0.39, 0.29) is 29.9 Å². The van der Waals surface area contributed by atoms with Crippen LogP contribution in [-0.4, -0.2) is 23.7 Å². The molecule has 10 heteroatoms. The third-order valence-corrected chi connectivity index (χ3v) is 5.99. The molecule has 0 radical (unpaired) electrons. The number of aryl methyl sites for hydroxylation is 1. The smallest absolute Gasteiger partial charge is 0.311 e. The summed E-state index contributed by atoms with van der Waals surface area (Å²) in [6.07, 6.45) is 2.02. The molecule has 0 bridgehead atoms. The van der Waals surface area contributed by atoms with Crippen molar-refractivity contribution in [2.24, 2.45) is 0 Å². The first kappa shape index (κ1) is 22.6. The van der Waals surface area contributed by atoms with Crippen LogP contribution in [0.3, 0.4) is 0 Å². The van der Waals surface area contributed by atoms with Crippen molar-refractivity contribution in [3.63, 3.8) is 0 Å². The highest BCUT2D eigenvalue weighted by Crippen LogP contribution is 2.41. The molecule has 0 saturated heterocycles. The van der Waals surface area contributed by atoms with Gasteiger partial charge in [-0.3, -0.25) is 9.59 Å². The Bertz CT molecular complexity index is 1350. The van der Waals surface area contributed by atoms with Crippen LogP contribution in [0, 0.1) is 6.92 Å². The Morgan fingerprint density at radius 3 is 2.91 bits per heavy atom. The molecule has 2 aromatic carbocycles. The fourth-order valence-electron chi connectivity index (χ4n) is 3.74. The zero-order valence-electron chi connectivity index (χ0n) is 17.9. The second-order valence-electron chi connectivity index (χ2n) is 7.69. The summed E-state index contributed by atoms with van der Waals surface area (Å²) < 4.78 is 28.2. The minimum absolute atomic E-state index is 0.0741. The van der Waals surface area contributed by atoms with Crippen molar-refractivity contribution in [3.8, 4) is 17.2 Å². The van der Waals surface area contributed by atoms with Gasteiger partial charge in [0, 0.05) is 33.7 Å². The normalized spacial score (nSPS) is 15.5. The van der Waals surface area contributed by atoms with Gasteiger partial charge in [-0.1, -0.05) is 32.7 Å². The van der Waals surface area contributed by atoms with Crippen LogP contribution in [0.4, 0.5) is 0 Å². The second kappa shape index (κ2) is 9.25. The molecule has 5 rings (SSSR count). The minimum atomic E-state index is -0.462. The molecule has 34 heavy (non-hydrogen) atoms. The van der Waals surface area contributed by atoms with E-state index in [2.05, 4.69) is 21.1 Å². The zero-order valence-corrected chi connectivity index (χ0v) is 20.2. The van der Waals surface area contributed by atoms with Crippen molar-refractivity contribution < 1.29 is 33.1 Å². The minimum Gasteiger partial charge on any atom is -0.467 e. The van der Waals surface area contributed by atoms with Gasteiger partial charge in [0.25, 0.3) is 0 Å². The van der Waals surface area contributed by atoms with Crippen LogP contribution in [0.2, 0.25) is 5.15 Å². The molecule has 8 nitrogen and oxygen atoms in total. The van der Waals surface area contributed by atoms with Gasteiger partial charge in [0.1, 0.15) is 23.0 Å². The summed E-state index contributed by atoms with van der Waals surface area (Å²) in [4.78, 5) is 25.3. The molecule has 0 spiro atoms. The topological polar surface area (TPSA) is 97.1 Å². The van der Waals surface area contributed by atoms with Gasteiger partial charge in [-0.25, -0.2) is 0 Å². The molecule has 0 atom stereocenters. The van der Waals surface area contributed by atoms with E-state index in [4.69, 9.17) is 35.1 Å². The SMILES string of the molecule is Cc1c(OC(=O)CCc2cc(Cl)no2)ccc2c1O/C(=C\c1cc(Br)cc3c1OCOC3)C2=O. The third-order valence-electron chi connectivity index (χ3n) is 5.36. The highest BCUT2D eigenvalue weighted by Gasteiger charge is 2.31. The Labute approximate surface area is 207 Å². The number of hydrogen-bond donors (Lipinski definition) is 0. The zero-order chi connectivity index (χ0) is 23.8. The van der Waals surface area contributed by atoms with Gasteiger partial charge in [0.2, 0.25) is 5.78 Å². The molecule has 2 aliphatic heterocycles. The maximum atomic E-state index is 13.0. The largest absolute Gasteiger partial charge is 0.467 e. The lowest BCUT2D eigenvalue weighted by Crippen LogP contribution is -2.12. The van der Waals surface area contributed by atoms with Crippen molar-refractivity contribution >= 4 is 45.4 Å². The quantitative estimate of drug-likeness (QED) is 0.238. The summed E-state index contributed by atoms with van der Waals surface area (Å²) >= 11 is 9.19. The Balaban J connectivity index is 1.35. The van der Waals surface area contributed by atoms with Crippen molar-refractivity contribution in [1.29, 1.82) is 0 Å². The second-order valence-corrected chi connectivity index (χ2v) is 8.99. The van der Waals surface area contributed by atoms with E-state index in [1.54, 1.807) is 31.2 Å². The first-order chi connectivity index (χ1) is 16.4. The molecule has 0 amide bonds. The summed E-state index contributed by atoms with van der Waals surface area (Å²) in [6, 6.07) is 8.47. The van der Waals surface area contributed by atoms with E-state index in [0.717, 1.165) is 10.0 Å². The lowest BCUT2D eigenvalue weighted by Gasteiger charge is -2.20.